The van der Waals surface area contributed by atoms with E-state index in [1.807, 2.05) is 26.0 Å². The van der Waals surface area contributed by atoms with Gasteiger partial charge in [0, 0.05) is 18.7 Å². The Balaban J connectivity index is 1.80. The number of hydrogen-bond acceptors (Lipinski definition) is 4. The predicted molar refractivity (Wildman–Crippen MR) is 109 cm³/mol. The van der Waals surface area contributed by atoms with Crippen LogP contribution < -0.4 is 10.0 Å². The zero-order valence-corrected chi connectivity index (χ0v) is 17.2. The molecule has 0 radical (unpaired) electrons. The molecule has 1 heterocycles. The van der Waals surface area contributed by atoms with Crippen LogP contribution in [-0.2, 0) is 14.8 Å². The molecule has 2 aromatic carbocycles. The monoisotopic (exact) mass is 402 g/mol. The minimum absolute atomic E-state index is 0.0313. The van der Waals surface area contributed by atoms with E-state index in [-0.39, 0.29) is 16.9 Å². The van der Waals surface area contributed by atoms with Gasteiger partial charge in [-0.3, -0.25) is 9.52 Å². The lowest BCUT2D eigenvalue weighted by atomic mass is 10.1. The van der Waals surface area contributed by atoms with Gasteiger partial charge in [-0.15, -0.1) is 0 Å². The number of benzene rings is 2. The molecule has 150 valence electrons. The second kappa shape index (κ2) is 8.32. The molecule has 1 saturated heterocycles. The van der Waals surface area contributed by atoms with Gasteiger partial charge in [-0.05, 0) is 62.9 Å². The third-order valence-electron chi connectivity index (χ3n) is 4.88. The average molecular weight is 403 g/mol. The molecular formula is C21H26N2O4S. The van der Waals surface area contributed by atoms with E-state index in [0.29, 0.717) is 23.4 Å². The molecule has 3 rings (SSSR count). The first kappa shape index (κ1) is 20.4. The Morgan fingerprint density at radius 1 is 1.11 bits per heavy atom. The van der Waals surface area contributed by atoms with Crippen LogP contribution in [0.15, 0.2) is 41.3 Å². The van der Waals surface area contributed by atoms with Gasteiger partial charge in [0.15, 0.2) is 0 Å². The van der Waals surface area contributed by atoms with Crippen molar-refractivity contribution in [3.63, 3.8) is 0 Å². The van der Waals surface area contributed by atoms with Crippen LogP contribution >= 0.6 is 0 Å². The fourth-order valence-electron chi connectivity index (χ4n) is 3.27. The van der Waals surface area contributed by atoms with Crippen molar-refractivity contribution in [2.45, 2.75) is 44.6 Å². The summed E-state index contributed by atoms with van der Waals surface area (Å²) in [6, 6.07) is 10.2. The Morgan fingerprint density at radius 3 is 2.57 bits per heavy atom. The van der Waals surface area contributed by atoms with Crippen molar-refractivity contribution in [2.75, 3.05) is 17.9 Å². The lowest BCUT2D eigenvalue weighted by Crippen LogP contribution is -2.32. The molecule has 1 aliphatic heterocycles. The highest BCUT2D eigenvalue weighted by Gasteiger charge is 2.21. The molecular weight excluding hydrogens is 376 g/mol. The van der Waals surface area contributed by atoms with Crippen LogP contribution in [0.25, 0.3) is 0 Å². The summed E-state index contributed by atoms with van der Waals surface area (Å²) in [6.45, 7) is 6.67. The Morgan fingerprint density at radius 2 is 1.89 bits per heavy atom. The lowest BCUT2D eigenvalue weighted by Gasteiger charge is -2.15. The number of carbonyl (C=O) groups excluding carboxylic acids is 1. The Labute approximate surface area is 166 Å². The summed E-state index contributed by atoms with van der Waals surface area (Å²) in [5.74, 6) is -0.307. The Kier molecular flexibility index (Phi) is 6.05. The summed E-state index contributed by atoms with van der Waals surface area (Å²) >= 11 is 0. The summed E-state index contributed by atoms with van der Waals surface area (Å²) < 4.78 is 34.0. The summed E-state index contributed by atoms with van der Waals surface area (Å²) in [5.41, 5.74) is 3.31. The van der Waals surface area contributed by atoms with Crippen molar-refractivity contribution in [2.24, 2.45) is 0 Å². The second-order valence-electron chi connectivity index (χ2n) is 7.25. The van der Waals surface area contributed by atoms with Crippen LogP contribution in [0.1, 0.15) is 39.9 Å². The molecule has 7 heteroatoms. The van der Waals surface area contributed by atoms with Crippen molar-refractivity contribution in [1.29, 1.82) is 0 Å². The highest BCUT2D eigenvalue weighted by atomic mass is 32.2. The molecule has 0 aliphatic carbocycles. The van der Waals surface area contributed by atoms with Gasteiger partial charge in [0.25, 0.3) is 15.9 Å². The van der Waals surface area contributed by atoms with Gasteiger partial charge in [-0.2, -0.15) is 0 Å². The van der Waals surface area contributed by atoms with Crippen molar-refractivity contribution < 1.29 is 17.9 Å². The molecule has 1 atom stereocenters. The van der Waals surface area contributed by atoms with E-state index < -0.39 is 10.0 Å². The van der Waals surface area contributed by atoms with Crippen molar-refractivity contribution in [3.8, 4) is 0 Å². The number of aryl methyl sites for hydroxylation is 3. The fraction of sp³-hybridized carbons (Fsp3) is 0.381. The smallest absolute Gasteiger partial charge is 0.262 e. The number of rotatable bonds is 6. The minimum atomic E-state index is -3.82. The lowest BCUT2D eigenvalue weighted by molar-refractivity contribution is 0.0857. The molecule has 1 aliphatic rings. The molecule has 0 unspecified atom stereocenters. The zero-order chi connectivity index (χ0) is 20.3. The van der Waals surface area contributed by atoms with E-state index in [4.69, 9.17) is 4.74 Å². The van der Waals surface area contributed by atoms with Gasteiger partial charge in [0.2, 0.25) is 0 Å². The average Bonchev–Trinajstić information content (AvgIpc) is 3.16. The molecule has 0 bridgehead atoms. The van der Waals surface area contributed by atoms with Gasteiger partial charge in [0.1, 0.15) is 0 Å². The Bertz CT molecular complexity index is 980. The first-order valence-electron chi connectivity index (χ1n) is 9.37. The maximum atomic E-state index is 12.9. The zero-order valence-electron chi connectivity index (χ0n) is 16.4. The van der Waals surface area contributed by atoms with Crippen LogP contribution in [0.5, 0.6) is 0 Å². The first-order chi connectivity index (χ1) is 13.3. The molecule has 0 spiro atoms. The normalized spacial score (nSPS) is 16.8. The van der Waals surface area contributed by atoms with E-state index in [0.717, 1.165) is 30.6 Å². The van der Waals surface area contributed by atoms with Crippen LogP contribution in [0, 0.1) is 20.8 Å². The summed E-state index contributed by atoms with van der Waals surface area (Å²) in [5, 5.41) is 2.82. The molecule has 2 aromatic rings. The molecule has 28 heavy (non-hydrogen) atoms. The third kappa shape index (κ3) is 4.72. The molecule has 2 N–H and O–H groups in total. The van der Waals surface area contributed by atoms with Crippen molar-refractivity contribution in [1.82, 2.24) is 5.32 Å². The van der Waals surface area contributed by atoms with Gasteiger partial charge < -0.3 is 10.1 Å². The summed E-state index contributed by atoms with van der Waals surface area (Å²) in [4.78, 5) is 12.6. The number of hydrogen-bond donors (Lipinski definition) is 2. The van der Waals surface area contributed by atoms with Gasteiger partial charge in [-0.25, -0.2) is 8.42 Å². The van der Waals surface area contributed by atoms with Gasteiger partial charge in [-0.1, -0.05) is 23.8 Å². The second-order valence-corrected chi connectivity index (χ2v) is 8.90. The quantitative estimate of drug-likeness (QED) is 0.776. The van der Waals surface area contributed by atoms with E-state index in [2.05, 4.69) is 10.0 Å². The number of anilines is 1. The van der Waals surface area contributed by atoms with Crippen LogP contribution in [0.4, 0.5) is 5.69 Å². The van der Waals surface area contributed by atoms with Crippen molar-refractivity contribution >= 4 is 21.6 Å². The van der Waals surface area contributed by atoms with Gasteiger partial charge in [0.05, 0.1) is 16.7 Å². The van der Waals surface area contributed by atoms with E-state index in [9.17, 15) is 13.2 Å². The third-order valence-corrected chi connectivity index (χ3v) is 6.39. The predicted octanol–water partition coefficient (Wildman–Crippen LogP) is 3.32. The highest BCUT2D eigenvalue weighted by Crippen LogP contribution is 2.23. The van der Waals surface area contributed by atoms with Gasteiger partial charge >= 0.3 is 0 Å². The number of carbonyl (C=O) groups is 1. The molecule has 1 fully saturated rings. The number of amides is 1. The summed E-state index contributed by atoms with van der Waals surface area (Å²) in [6.07, 6.45) is 1.95. The van der Waals surface area contributed by atoms with Crippen LogP contribution in [0.3, 0.4) is 0 Å². The Hall–Kier alpha value is -2.38. The molecule has 6 nitrogen and oxygen atoms in total. The van der Waals surface area contributed by atoms with E-state index in [1.165, 1.54) is 6.07 Å². The van der Waals surface area contributed by atoms with E-state index in [1.54, 1.807) is 25.1 Å². The largest absolute Gasteiger partial charge is 0.376 e. The van der Waals surface area contributed by atoms with Crippen LogP contribution in [0.2, 0.25) is 0 Å². The first-order valence-corrected chi connectivity index (χ1v) is 10.8. The number of sulfonamides is 1. The van der Waals surface area contributed by atoms with E-state index >= 15 is 0 Å². The minimum Gasteiger partial charge on any atom is -0.376 e. The number of ether oxygens (including phenoxy) is 1. The topological polar surface area (TPSA) is 84.5 Å². The maximum absolute atomic E-state index is 12.9. The molecule has 1 amide bonds. The van der Waals surface area contributed by atoms with Crippen LogP contribution in [-0.4, -0.2) is 33.6 Å². The van der Waals surface area contributed by atoms with Crippen molar-refractivity contribution in [3.05, 3.63) is 58.7 Å². The molecule has 0 aromatic heterocycles. The maximum Gasteiger partial charge on any atom is 0.262 e. The standard InChI is InChI=1S/C21H26N2O4S/c1-14-6-9-19(16(3)11-14)23-28(25,26)20-12-17(8-7-15(20)2)21(24)22-13-18-5-4-10-27-18/h6-9,11-12,18,23H,4-5,10,13H2,1-3H3,(H,22,24)/t18-/m0/s1. The SMILES string of the molecule is Cc1ccc(NS(=O)(=O)c2cc(C(=O)NC[C@@H]3CCCO3)ccc2C)c(C)c1. The highest BCUT2D eigenvalue weighted by molar-refractivity contribution is 7.92. The fourth-order valence-corrected chi connectivity index (χ4v) is 4.68. The molecule has 0 saturated carbocycles. The number of nitrogens with one attached hydrogen (secondary N) is 2. The summed E-state index contributed by atoms with van der Waals surface area (Å²) in [7, 11) is -3.82.